The molecule has 0 bridgehead atoms. The molecule has 4 rings (SSSR count). The first-order valence-corrected chi connectivity index (χ1v) is 12.2. The van der Waals surface area contributed by atoms with Crippen molar-refractivity contribution in [2.24, 2.45) is 5.10 Å². The van der Waals surface area contributed by atoms with Crippen LogP contribution >= 0.6 is 45.2 Å². The average molecular weight is 649 g/mol. The molecule has 7 heteroatoms. The van der Waals surface area contributed by atoms with E-state index < -0.39 is 0 Å². The predicted molar refractivity (Wildman–Crippen MR) is 147 cm³/mol. The van der Waals surface area contributed by atoms with Crippen molar-refractivity contribution < 1.29 is 4.74 Å². The van der Waals surface area contributed by atoms with Crippen LogP contribution < -0.4 is 10.3 Å². The number of halogens is 2. The molecule has 0 saturated carbocycles. The highest BCUT2D eigenvalue weighted by atomic mass is 127. The summed E-state index contributed by atoms with van der Waals surface area (Å²) in [6.07, 6.45) is 1.69. The van der Waals surface area contributed by atoms with Crippen LogP contribution in [0.2, 0.25) is 0 Å². The van der Waals surface area contributed by atoms with E-state index in [4.69, 9.17) is 9.72 Å². The molecule has 0 fully saturated rings. The number of hydrogen-bond donors (Lipinski definition) is 0. The summed E-state index contributed by atoms with van der Waals surface area (Å²) in [6, 6.07) is 20.9. The molecule has 1 aromatic heterocycles. The van der Waals surface area contributed by atoms with Crippen molar-refractivity contribution in [2.45, 2.75) is 26.4 Å². The summed E-state index contributed by atoms with van der Waals surface area (Å²) in [6.45, 7) is 6.08. The number of hydrogen-bond acceptors (Lipinski definition) is 4. The smallest absolute Gasteiger partial charge is 0.282 e. The molecule has 0 aliphatic rings. The van der Waals surface area contributed by atoms with Crippen LogP contribution in [-0.4, -0.2) is 21.5 Å². The molecule has 0 aliphatic carbocycles. The Kier molecular flexibility index (Phi) is 6.66. The monoisotopic (exact) mass is 649 g/mol. The Balaban J connectivity index is 1.82. The van der Waals surface area contributed by atoms with Crippen molar-refractivity contribution in [1.29, 1.82) is 0 Å². The van der Waals surface area contributed by atoms with Gasteiger partial charge in [-0.25, -0.2) is 4.98 Å². The number of ether oxygens (including phenoxy) is 1. The van der Waals surface area contributed by atoms with Gasteiger partial charge in [0.1, 0.15) is 11.4 Å². The van der Waals surface area contributed by atoms with Gasteiger partial charge in [0.2, 0.25) is 0 Å². The van der Waals surface area contributed by atoms with Gasteiger partial charge in [-0.2, -0.15) is 9.78 Å². The van der Waals surface area contributed by atoms with Gasteiger partial charge >= 0.3 is 0 Å². The zero-order valence-electron chi connectivity index (χ0n) is 17.8. The van der Waals surface area contributed by atoms with Crippen LogP contribution in [0.4, 0.5) is 0 Å². The summed E-state index contributed by atoms with van der Waals surface area (Å²) < 4.78 is 9.44. The van der Waals surface area contributed by atoms with Gasteiger partial charge in [-0.1, -0.05) is 42.5 Å². The van der Waals surface area contributed by atoms with Crippen molar-refractivity contribution in [3.8, 4) is 17.1 Å². The molecule has 162 valence electrons. The van der Waals surface area contributed by atoms with Crippen molar-refractivity contribution in [3.63, 3.8) is 0 Å². The largest absolute Gasteiger partial charge is 0.486 e. The second-order valence-electron chi connectivity index (χ2n) is 8.21. The molecule has 1 heterocycles. The molecule has 4 aromatic rings. The molecule has 0 atom stereocenters. The van der Waals surface area contributed by atoms with E-state index >= 15 is 0 Å². The minimum Gasteiger partial charge on any atom is -0.486 e. The molecule has 32 heavy (non-hydrogen) atoms. The van der Waals surface area contributed by atoms with Crippen molar-refractivity contribution in [3.05, 3.63) is 89.8 Å². The van der Waals surface area contributed by atoms with Crippen molar-refractivity contribution in [1.82, 2.24) is 9.66 Å². The van der Waals surface area contributed by atoms with Gasteiger partial charge in [-0.05, 0) is 95.8 Å². The topological polar surface area (TPSA) is 56.5 Å². The number of aromatic nitrogens is 2. The van der Waals surface area contributed by atoms with Gasteiger partial charge in [0, 0.05) is 5.56 Å². The fraction of sp³-hybridized carbons (Fsp3) is 0.160. The van der Waals surface area contributed by atoms with E-state index in [-0.39, 0.29) is 11.2 Å². The Bertz CT molecular complexity index is 1350. The fourth-order valence-corrected chi connectivity index (χ4v) is 5.22. The maximum atomic E-state index is 13.3. The Morgan fingerprint density at radius 1 is 0.969 bits per heavy atom. The summed E-state index contributed by atoms with van der Waals surface area (Å²) >= 11 is 4.54. The van der Waals surface area contributed by atoms with Crippen LogP contribution in [0.15, 0.2) is 76.6 Å². The van der Waals surface area contributed by atoms with E-state index in [0.29, 0.717) is 16.7 Å². The lowest BCUT2D eigenvalue weighted by molar-refractivity contribution is 0.128. The van der Waals surface area contributed by atoms with Gasteiger partial charge in [0.15, 0.2) is 5.82 Å². The zero-order valence-corrected chi connectivity index (χ0v) is 22.2. The van der Waals surface area contributed by atoms with Crippen LogP contribution in [0, 0.1) is 7.14 Å². The molecular weight excluding hydrogens is 628 g/mol. The number of para-hydroxylation sites is 1. The summed E-state index contributed by atoms with van der Waals surface area (Å²) in [7, 11) is 0. The molecule has 0 radical (unpaired) electrons. The second-order valence-corrected chi connectivity index (χ2v) is 10.5. The quantitative estimate of drug-likeness (QED) is 0.192. The summed E-state index contributed by atoms with van der Waals surface area (Å²) in [5, 5.41) is 5.09. The first-order valence-electron chi connectivity index (χ1n) is 10.0. The standard InChI is InChI=1S/C25H21I2N3O2/c1-25(2,3)32-22-19(26)13-16(14-20(22)27)15-28-30-23(17-9-5-4-6-10-17)29-21-12-8-7-11-18(21)24(30)31/h4-15H,1-3H3. The van der Waals surface area contributed by atoms with E-state index in [9.17, 15) is 4.79 Å². The van der Waals surface area contributed by atoms with Gasteiger partial charge in [-0.3, -0.25) is 4.79 Å². The average Bonchev–Trinajstić information content (AvgIpc) is 2.75. The van der Waals surface area contributed by atoms with Gasteiger partial charge < -0.3 is 4.74 Å². The first-order chi connectivity index (χ1) is 15.2. The summed E-state index contributed by atoms with van der Waals surface area (Å²) in [4.78, 5) is 18.0. The Hall–Kier alpha value is -2.27. The number of rotatable bonds is 4. The minimum absolute atomic E-state index is 0.206. The van der Waals surface area contributed by atoms with Crippen molar-refractivity contribution >= 4 is 62.3 Å². The normalized spacial score (nSPS) is 11.9. The van der Waals surface area contributed by atoms with Crippen LogP contribution in [0.3, 0.4) is 0 Å². The third kappa shape index (κ3) is 5.03. The van der Waals surface area contributed by atoms with Crippen LogP contribution in [0.25, 0.3) is 22.3 Å². The van der Waals surface area contributed by atoms with Crippen molar-refractivity contribution in [2.75, 3.05) is 0 Å². The predicted octanol–water partition coefficient (Wildman–Crippen LogP) is 6.33. The SMILES string of the molecule is CC(C)(C)Oc1c(I)cc(C=Nn2c(-c3ccccc3)nc3ccccc3c2=O)cc1I. The first kappa shape index (κ1) is 22.9. The fourth-order valence-electron chi connectivity index (χ4n) is 3.19. The Labute approximate surface area is 213 Å². The van der Waals surface area contributed by atoms with Gasteiger partial charge in [-0.15, -0.1) is 0 Å². The Morgan fingerprint density at radius 3 is 2.25 bits per heavy atom. The maximum Gasteiger partial charge on any atom is 0.282 e. The zero-order chi connectivity index (χ0) is 22.9. The van der Waals surface area contributed by atoms with E-state index in [0.717, 1.165) is 24.0 Å². The highest BCUT2D eigenvalue weighted by Crippen LogP contribution is 2.31. The van der Waals surface area contributed by atoms with Crippen LogP contribution in [0.5, 0.6) is 5.75 Å². The molecular formula is C25H21I2N3O2. The van der Waals surface area contributed by atoms with E-state index in [2.05, 4.69) is 50.3 Å². The molecule has 0 spiro atoms. The second kappa shape index (κ2) is 9.30. The van der Waals surface area contributed by atoms with E-state index in [1.165, 1.54) is 4.68 Å². The lowest BCUT2D eigenvalue weighted by Gasteiger charge is -2.23. The molecule has 0 amide bonds. The molecule has 3 aromatic carbocycles. The van der Waals surface area contributed by atoms with Crippen LogP contribution in [0.1, 0.15) is 26.3 Å². The maximum absolute atomic E-state index is 13.3. The summed E-state index contributed by atoms with van der Waals surface area (Å²) in [5.41, 5.74) is 1.85. The molecule has 0 unspecified atom stereocenters. The van der Waals surface area contributed by atoms with Gasteiger partial charge in [0.05, 0.1) is 24.3 Å². The molecule has 5 nitrogen and oxygen atoms in total. The van der Waals surface area contributed by atoms with E-state index in [1.54, 1.807) is 12.3 Å². The highest BCUT2D eigenvalue weighted by Gasteiger charge is 2.17. The third-order valence-electron chi connectivity index (χ3n) is 4.54. The number of benzene rings is 3. The Morgan fingerprint density at radius 2 is 1.59 bits per heavy atom. The summed E-state index contributed by atoms with van der Waals surface area (Å²) in [5.74, 6) is 1.35. The number of fused-ring (bicyclic) bond motifs is 1. The lowest BCUT2D eigenvalue weighted by Crippen LogP contribution is -2.24. The minimum atomic E-state index is -0.288. The lowest BCUT2D eigenvalue weighted by atomic mass is 10.2. The van der Waals surface area contributed by atoms with Crippen LogP contribution in [-0.2, 0) is 0 Å². The van der Waals surface area contributed by atoms with Gasteiger partial charge in [0.25, 0.3) is 5.56 Å². The highest BCUT2D eigenvalue weighted by molar-refractivity contribution is 14.1. The molecule has 0 N–H and O–H groups in total. The van der Waals surface area contributed by atoms with E-state index in [1.807, 2.05) is 81.4 Å². The number of nitrogens with zero attached hydrogens (tertiary/aromatic N) is 3. The molecule has 0 aliphatic heterocycles. The third-order valence-corrected chi connectivity index (χ3v) is 6.14. The molecule has 0 saturated heterocycles.